The fraction of sp³-hybridized carbons (Fsp3) is 0.600. The van der Waals surface area contributed by atoms with Gasteiger partial charge < -0.3 is 20.3 Å². The van der Waals surface area contributed by atoms with Crippen molar-refractivity contribution in [3.8, 4) is 0 Å². The lowest BCUT2D eigenvalue weighted by molar-refractivity contribution is -0.121. The van der Waals surface area contributed by atoms with E-state index in [1.807, 2.05) is 24.3 Å². The number of para-hydroxylation sites is 1. The predicted molar refractivity (Wildman–Crippen MR) is 101 cm³/mol. The van der Waals surface area contributed by atoms with Gasteiger partial charge in [-0.25, -0.2) is 0 Å². The van der Waals surface area contributed by atoms with E-state index in [1.54, 1.807) is 0 Å². The van der Waals surface area contributed by atoms with Crippen molar-refractivity contribution in [2.45, 2.75) is 44.6 Å². The molecule has 6 heteroatoms. The van der Waals surface area contributed by atoms with Crippen LogP contribution in [-0.2, 0) is 9.53 Å². The molecule has 1 aliphatic heterocycles. The molecule has 0 radical (unpaired) electrons. The van der Waals surface area contributed by atoms with Crippen LogP contribution >= 0.6 is 0 Å². The zero-order valence-electron chi connectivity index (χ0n) is 15.3. The first-order chi connectivity index (χ1) is 12.7. The molecular weight excluding hydrogens is 330 g/mol. The van der Waals surface area contributed by atoms with E-state index in [-0.39, 0.29) is 11.8 Å². The minimum atomic E-state index is -0.127. The van der Waals surface area contributed by atoms with Crippen molar-refractivity contribution in [3.63, 3.8) is 0 Å². The molecule has 1 saturated carbocycles. The average molecular weight is 359 g/mol. The van der Waals surface area contributed by atoms with E-state index < -0.39 is 0 Å². The average Bonchev–Trinajstić information content (AvgIpc) is 2.69. The summed E-state index contributed by atoms with van der Waals surface area (Å²) in [5.74, 6) is -0.101. The maximum Gasteiger partial charge on any atom is 0.253 e. The molecule has 0 aromatic heterocycles. The molecule has 3 rings (SSSR count). The Morgan fingerprint density at radius 3 is 2.58 bits per heavy atom. The first-order valence-corrected chi connectivity index (χ1v) is 9.73. The van der Waals surface area contributed by atoms with Crippen LogP contribution < -0.4 is 15.5 Å². The molecule has 1 aromatic carbocycles. The third-order valence-electron chi connectivity index (χ3n) is 5.11. The third kappa shape index (κ3) is 5.21. The highest BCUT2D eigenvalue weighted by molar-refractivity contribution is 6.00. The molecule has 2 amide bonds. The number of rotatable bonds is 6. The Kier molecular flexibility index (Phi) is 6.89. The van der Waals surface area contributed by atoms with Gasteiger partial charge in [0.15, 0.2) is 0 Å². The Hall–Kier alpha value is -2.08. The molecule has 26 heavy (non-hydrogen) atoms. The Morgan fingerprint density at radius 2 is 1.81 bits per heavy atom. The molecular formula is C20H29N3O3. The lowest BCUT2D eigenvalue weighted by atomic mass is 9.95. The molecule has 142 valence electrons. The number of carbonyl (C=O) groups is 2. The first kappa shape index (κ1) is 18.7. The van der Waals surface area contributed by atoms with E-state index in [9.17, 15) is 9.59 Å². The van der Waals surface area contributed by atoms with Gasteiger partial charge in [-0.2, -0.15) is 0 Å². The van der Waals surface area contributed by atoms with Crippen molar-refractivity contribution >= 4 is 17.5 Å². The number of nitrogens with zero attached hydrogens (tertiary/aromatic N) is 1. The monoisotopic (exact) mass is 359 g/mol. The van der Waals surface area contributed by atoms with E-state index in [4.69, 9.17) is 4.74 Å². The lowest BCUT2D eigenvalue weighted by Crippen LogP contribution is -2.39. The molecule has 2 fully saturated rings. The van der Waals surface area contributed by atoms with Crippen LogP contribution in [0.25, 0.3) is 0 Å². The van der Waals surface area contributed by atoms with Crippen molar-refractivity contribution in [2.24, 2.45) is 0 Å². The molecule has 2 aliphatic rings. The number of benzene rings is 1. The summed E-state index contributed by atoms with van der Waals surface area (Å²) >= 11 is 0. The fourth-order valence-electron chi connectivity index (χ4n) is 3.68. The summed E-state index contributed by atoms with van der Waals surface area (Å²) in [5.41, 5.74) is 1.59. The zero-order valence-corrected chi connectivity index (χ0v) is 15.3. The minimum Gasteiger partial charge on any atom is -0.378 e. The molecule has 1 heterocycles. The summed E-state index contributed by atoms with van der Waals surface area (Å²) in [6.45, 7) is 3.28. The van der Waals surface area contributed by atoms with Gasteiger partial charge in [0.25, 0.3) is 5.91 Å². The van der Waals surface area contributed by atoms with Crippen LogP contribution in [0.3, 0.4) is 0 Å². The Labute approximate surface area is 155 Å². The number of ether oxygens (including phenoxy) is 1. The number of nitrogens with one attached hydrogen (secondary N) is 2. The number of carbonyl (C=O) groups excluding carboxylic acids is 2. The SMILES string of the molecule is O=C(CCNC(=O)c1ccccc1N1CCOCC1)NC1CCCCC1. The molecule has 2 N–H and O–H groups in total. The van der Waals surface area contributed by atoms with Crippen molar-refractivity contribution in [2.75, 3.05) is 37.7 Å². The van der Waals surface area contributed by atoms with Crippen LogP contribution in [0.4, 0.5) is 5.69 Å². The van der Waals surface area contributed by atoms with Crippen LogP contribution in [0.1, 0.15) is 48.9 Å². The van der Waals surface area contributed by atoms with Crippen LogP contribution in [0.2, 0.25) is 0 Å². The highest BCUT2D eigenvalue weighted by Gasteiger charge is 2.19. The van der Waals surface area contributed by atoms with Crippen LogP contribution in [0, 0.1) is 0 Å². The topological polar surface area (TPSA) is 70.7 Å². The first-order valence-electron chi connectivity index (χ1n) is 9.73. The number of amides is 2. The van der Waals surface area contributed by atoms with E-state index in [1.165, 1.54) is 19.3 Å². The van der Waals surface area contributed by atoms with Gasteiger partial charge in [-0.15, -0.1) is 0 Å². The van der Waals surface area contributed by atoms with Crippen molar-refractivity contribution in [3.05, 3.63) is 29.8 Å². The van der Waals surface area contributed by atoms with Gasteiger partial charge in [-0.3, -0.25) is 9.59 Å². The molecule has 1 aromatic rings. The smallest absolute Gasteiger partial charge is 0.253 e. The largest absolute Gasteiger partial charge is 0.378 e. The quantitative estimate of drug-likeness (QED) is 0.816. The molecule has 0 unspecified atom stereocenters. The molecule has 1 saturated heterocycles. The van der Waals surface area contributed by atoms with Gasteiger partial charge in [0.1, 0.15) is 0 Å². The van der Waals surface area contributed by atoms with E-state index >= 15 is 0 Å². The van der Waals surface area contributed by atoms with Gasteiger partial charge in [0.2, 0.25) is 5.91 Å². The van der Waals surface area contributed by atoms with Gasteiger partial charge in [0, 0.05) is 37.8 Å². The highest BCUT2D eigenvalue weighted by atomic mass is 16.5. The summed E-state index contributed by atoms with van der Waals surface area (Å²) in [6, 6.07) is 7.93. The maximum absolute atomic E-state index is 12.6. The summed E-state index contributed by atoms with van der Waals surface area (Å²) < 4.78 is 5.39. The second kappa shape index (κ2) is 9.57. The Balaban J connectivity index is 1.48. The number of hydrogen-bond acceptors (Lipinski definition) is 4. The summed E-state index contributed by atoms with van der Waals surface area (Å²) in [6.07, 6.45) is 6.13. The van der Waals surface area contributed by atoms with E-state index in [0.717, 1.165) is 31.6 Å². The zero-order chi connectivity index (χ0) is 18.2. The predicted octanol–water partition coefficient (Wildman–Crippen LogP) is 2.09. The summed E-state index contributed by atoms with van der Waals surface area (Å²) in [4.78, 5) is 26.8. The molecule has 0 bridgehead atoms. The second-order valence-electron chi connectivity index (χ2n) is 7.02. The van der Waals surface area contributed by atoms with Gasteiger partial charge in [0.05, 0.1) is 18.8 Å². The van der Waals surface area contributed by atoms with E-state index in [0.29, 0.717) is 37.8 Å². The summed E-state index contributed by atoms with van der Waals surface area (Å²) in [5, 5.41) is 5.97. The molecule has 0 atom stereocenters. The molecule has 6 nitrogen and oxygen atoms in total. The standard InChI is InChI=1S/C20H29N3O3/c24-19(22-16-6-2-1-3-7-16)10-11-21-20(25)17-8-4-5-9-18(17)23-12-14-26-15-13-23/h4-5,8-9,16H,1-3,6-7,10-15H2,(H,21,25)(H,22,24). The van der Waals surface area contributed by atoms with Crippen LogP contribution in [0.5, 0.6) is 0 Å². The summed E-state index contributed by atoms with van der Waals surface area (Å²) in [7, 11) is 0. The maximum atomic E-state index is 12.6. The normalized spacial score (nSPS) is 18.4. The highest BCUT2D eigenvalue weighted by Crippen LogP contribution is 2.21. The van der Waals surface area contributed by atoms with Gasteiger partial charge in [-0.05, 0) is 25.0 Å². The van der Waals surface area contributed by atoms with Gasteiger partial charge in [-0.1, -0.05) is 31.4 Å². The van der Waals surface area contributed by atoms with Crippen molar-refractivity contribution in [1.82, 2.24) is 10.6 Å². The molecule has 1 aliphatic carbocycles. The molecule has 0 spiro atoms. The Morgan fingerprint density at radius 1 is 1.08 bits per heavy atom. The Bertz CT molecular complexity index is 608. The van der Waals surface area contributed by atoms with Crippen LogP contribution in [-0.4, -0.2) is 50.7 Å². The van der Waals surface area contributed by atoms with Crippen molar-refractivity contribution < 1.29 is 14.3 Å². The minimum absolute atomic E-state index is 0.0265. The van der Waals surface area contributed by atoms with Crippen LogP contribution in [0.15, 0.2) is 24.3 Å². The fourth-order valence-corrected chi connectivity index (χ4v) is 3.68. The van der Waals surface area contributed by atoms with E-state index in [2.05, 4.69) is 15.5 Å². The van der Waals surface area contributed by atoms with Crippen molar-refractivity contribution in [1.29, 1.82) is 0 Å². The third-order valence-corrected chi connectivity index (χ3v) is 5.11. The number of hydrogen-bond donors (Lipinski definition) is 2. The number of anilines is 1. The number of morpholine rings is 1. The second-order valence-corrected chi connectivity index (χ2v) is 7.02. The van der Waals surface area contributed by atoms with Gasteiger partial charge >= 0.3 is 0 Å². The lowest BCUT2D eigenvalue weighted by Gasteiger charge is -2.30.